The minimum Gasteiger partial charge on any atom is -0.352 e. The van der Waals surface area contributed by atoms with Gasteiger partial charge >= 0.3 is 0 Å². The van der Waals surface area contributed by atoms with Crippen LogP contribution < -0.4 is 10.6 Å². The van der Waals surface area contributed by atoms with Crippen LogP contribution in [-0.2, 0) is 11.3 Å². The molecule has 1 rings (SSSR count). The van der Waals surface area contributed by atoms with Crippen LogP contribution in [0.1, 0.15) is 58.6 Å². The molecule has 0 aliphatic rings. The summed E-state index contributed by atoms with van der Waals surface area (Å²) in [6.07, 6.45) is 7.23. The first-order chi connectivity index (χ1) is 9.60. The first kappa shape index (κ1) is 16.8. The molecule has 1 aromatic heterocycles. The van der Waals surface area contributed by atoms with E-state index in [1.165, 1.54) is 5.56 Å². The topological polar surface area (TPSA) is 46.1 Å². The van der Waals surface area contributed by atoms with E-state index in [1.54, 1.807) is 0 Å². The van der Waals surface area contributed by atoms with Gasteiger partial charge in [0, 0.05) is 24.5 Å². The van der Waals surface area contributed by atoms with Crippen LogP contribution in [0.4, 0.5) is 0 Å². The summed E-state index contributed by atoms with van der Waals surface area (Å²) in [5, 5.41) is 6.48. The Kier molecular flexibility index (Phi) is 7.37. The van der Waals surface area contributed by atoms with Crippen molar-refractivity contribution in [2.24, 2.45) is 0 Å². The Morgan fingerprint density at radius 1 is 1.35 bits per heavy atom. The molecule has 0 fully saturated rings. The highest BCUT2D eigenvalue weighted by atomic mass is 16.2. The maximum absolute atomic E-state index is 11.9. The lowest BCUT2D eigenvalue weighted by Gasteiger charge is -2.14. The summed E-state index contributed by atoms with van der Waals surface area (Å²) >= 11 is 0. The van der Waals surface area contributed by atoms with Crippen molar-refractivity contribution in [3.8, 4) is 0 Å². The number of nitrogens with one attached hydrogen (secondary N) is 2. The second kappa shape index (κ2) is 8.80. The van der Waals surface area contributed by atoms with Crippen molar-refractivity contribution in [2.75, 3.05) is 6.54 Å². The van der Waals surface area contributed by atoms with Crippen LogP contribution >= 0.6 is 0 Å². The van der Waals surface area contributed by atoms with Crippen molar-refractivity contribution in [1.82, 2.24) is 15.2 Å². The van der Waals surface area contributed by atoms with Crippen molar-refractivity contribution < 1.29 is 4.79 Å². The third-order valence-corrected chi connectivity index (χ3v) is 3.49. The molecule has 4 heteroatoms. The number of carbonyl (C=O) groups is 1. The normalized spacial score (nSPS) is 14.0. The molecule has 0 spiro atoms. The van der Waals surface area contributed by atoms with Crippen LogP contribution in [0.5, 0.6) is 0 Å². The molecule has 0 bridgehead atoms. The molecule has 0 aliphatic carbocycles. The Hall–Kier alpha value is -1.29. The SMILES string of the molecule is CCCC(C)NC(=O)Cn1ccc(C(CC)NCC)c1. The van der Waals surface area contributed by atoms with Gasteiger partial charge in [0.15, 0.2) is 0 Å². The van der Waals surface area contributed by atoms with Crippen molar-refractivity contribution in [3.05, 3.63) is 24.0 Å². The fourth-order valence-corrected chi connectivity index (χ4v) is 2.50. The Bertz CT molecular complexity index is 400. The molecule has 0 saturated heterocycles. The molecule has 4 nitrogen and oxygen atoms in total. The number of hydrogen-bond acceptors (Lipinski definition) is 2. The molecule has 2 unspecified atom stereocenters. The summed E-state index contributed by atoms with van der Waals surface area (Å²) < 4.78 is 1.96. The second-order valence-corrected chi connectivity index (χ2v) is 5.39. The summed E-state index contributed by atoms with van der Waals surface area (Å²) in [5.74, 6) is 0.0876. The first-order valence-corrected chi connectivity index (χ1v) is 7.79. The zero-order chi connectivity index (χ0) is 15.0. The number of amides is 1. The van der Waals surface area contributed by atoms with Gasteiger partial charge < -0.3 is 15.2 Å². The van der Waals surface area contributed by atoms with E-state index in [9.17, 15) is 4.79 Å². The highest BCUT2D eigenvalue weighted by Crippen LogP contribution is 2.16. The summed E-state index contributed by atoms with van der Waals surface area (Å²) in [7, 11) is 0. The average molecular weight is 279 g/mol. The predicted octanol–water partition coefficient (Wildman–Crippen LogP) is 2.85. The zero-order valence-corrected chi connectivity index (χ0v) is 13.3. The van der Waals surface area contributed by atoms with Gasteiger partial charge in [-0.05, 0) is 37.9 Å². The summed E-state index contributed by atoms with van der Waals surface area (Å²) in [4.78, 5) is 11.9. The molecule has 0 radical (unpaired) electrons. The lowest BCUT2D eigenvalue weighted by atomic mass is 10.1. The maximum Gasteiger partial charge on any atom is 0.240 e. The molecule has 0 aliphatic heterocycles. The summed E-state index contributed by atoms with van der Waals surface area (Å²) in [5.41, 5.74) is 1.25. The van der Waals surface area contributed by atoms with E-state index in [0.717, 1.165) is 25.8 Å². The van der Waals surface area contributed by atoms with Gasteiger partial charge in [-0.15, -0.1) is 0 Å². The number of nitrogens with zero attached hydrogens (tertiary/aromatic N) is 1. The van der Waals surface area contributed by atoms with E-state index in [2.05, 4.69) is 50.6 Å². The molecule has 0 aromatic carbocycles. The van der Waals surface area contributed by atoms with Crippen molar-refractivity contribution in [1.29, 1.82) is 0 Å². The Balaban J connectivity index is 2.52. The number of hydrogen-bond donors (Lipinski definition) is 2. The van der Waals surface area contributed by atoms with E-state index < -0.39 is 0 Å². The van der Waals surface area contributed by atoms with Gasteiger partial charge in [-0.1, -0.05) is 27.2 Å². The van der Waals surface area contributed by atoms with Crippen LogP contribution in [-0.4, -0.2) is 23.1 Å². The van der Waals surface area contributed by atoms with Gasteiger partial charge in [0.25, 0.3) is 0 Å². The average Bonchev–Trinajstić information content (AvgIpc) is 2.84. The predicted molar refractivity (Wildman–Crippen MR) is 83.7 cm³/mol. The van der Waals surface area contributed by atoms with E-state index >= 15 is 0 Å². The van der Waals surface area contributed by atoms with E-state index in [-0.39, 0.29) is 11.9 Å². The Labute approximate surface area is 122 Å². The molecule has 1 heterocycles. The Morgan fingerprint density at radius 3 is 2.70 bits per heavy atom. The van der Waals surface area contributed by atoms with Crippen LogP contribution in [0.15, 0.2) is 18.5 Å². The first-order valence-electron chi connectivity index (χ1n) is 7.79. The molecular formula is C16H29N3O. The van der Waals surface area contributed by atoms with Gasteiger partial charge in [0.05, 0.1) is 0 Å². The molecule has 1 aromatic rings. The van der Waals surface area contributed by atoms with Gasteiger partial charge in [-0.2, -0.15) is 0 Å². The number of rotatable bonds is 9. The fourth-order valence-electron chi connectivity index (χ4n) is 2.50. The number of aromatic nitrogens is 1. The molecule has 114 valence electrons. The van der Waals surface area contributed by atoms with Crippen molar-refractivity contribution in [3.63, 3.8) is 0 Å². The third kappa shape index (κ3) is 5.37. The van der Waals surface area contributed by atoms with Crippen LogP contribution in [0.3, 0.4) is 0 Å². The fraction of sp³-hybridized carbons (Fsp3) is 0.688. The van der Waals surface area contributed by atoms with E-state index in [4.69, 9.17) is 0 Å². The summed E-state index contributed by atoms with van der Waals surface area (Å²) in [6, 6.07) is 2.73. The van der Waals surface area contributed by atoms with Crippen molar-refractivity contribution in [2.45, 2.75) is 65.6 Å². The minimum absolute atomic E-state index is 0.0876. The molecular weight excluding hydrogens is 250 g/mol. The van der Waals surface area contributed by atoms with Crippen LogP contribution in [0.2, 0.25) is 0 Å². The highest BCUT2D eigenvalue weighted by Gasteiger charge is 2.11. The smallest absolute Gasteiger partial charge is 0.240 e. The maximum atomic E-state index is 11.9. The molecule has 1 amide bonds. The lowest BCUT2D eigenvalue weighted by molar-refractivity contribution is -0.122. The molecule has 2 atom stereocenters. The van der Waals surface area contributed by atoms with E-state index in [0.29, 0.717) is 12.6 Å². The summed E-state index contributed by atoms with van der Waals surface area (Å²) in [6.45, 7) is 9.83. The zero-order valence-electron chi connectivity index (χ0n) is 13.3. The third-order valence-electron chi connectivity index (χ3n) is 3.49. The second-order valence-electron chi connectivity index (χ2n) is 5.39. The van der Waals surface area contributed by atoms with E-state index in [1.807, 2.05) is 10.8 Å². The molecule has 20 heavy (non-hydrogen) atoms. The molecule has 2 N–H and O–H groups in total. The van der Waals surface area contributed by atoms with Gasteiger partial charge in [0.2, 0.25) is 5.91 Å². The van der Waals surface area contributed by atoms with Gasteiger partial charge in [-0.25, -0.2) is 0 Å². The highest BCUT2D eigenvalue weighted by molar-refractivity contribution is 5.76. The minimum atomic E-state index is 0.0876. The quantitative estimate of drug-likeness (QED) is 0.730. The van der Waals surface area contributed by atoms with Gasteiger partial charge in [-0.3, -0.25) is 4.79 Å². The largest absolute Gasteiger partial charge is 0.352 e. The lowest BCUT2D eigenvalue weighted by Crippen LogP contribution is -2.34. The Morgan fingerprint density at radius 2 is 2.10 bits per heavy atom. The number of carbonyl (C=O) groups excluding carboxylic acids is 1. The standard InChI is InChI=1S/C16H29N3O/c1-5-8-13(4)18-16(20)12-19-10-9-14(11-19)15(6-2)17-7-3/h9-11,13,15,17H,5-8,12H2,1-4H3,(H,18,20). The van der Waals surface area contributed by atoms with Crippen LogP contribution in [0, 0.1) is 0 Å². The van der Waals surface area contributed by atoms with Crippen molar-refractivity contribution >= 4 is 5.91 Å². The molecule has 0 saturated carbocycles. The monoisotopic (exact) mass is 279 g/mol. The van der Waals surface area contributed by atoms with Crippen LogP contribution in [0.25, 0.3) is 0 Å². The van der Waals surface area contributed by atoms with Gasteiger partial charge in [0.1, 0.15) is 6.54 Å².